The van der Waals surface area contributed by atoms with E-state index in [4.69, 9.17) is 11.6 Å². The largest absolute Gasteiger partial charge is 0.356 e. The Hall–Kier alpha value is -3.08. The highest BCUT2D eigenvalue weighted by molar-refractivity contribution is 6.30. The number of fused-ring (bicyclic) bond motifs is 2. The lowest BCUT2D eigenvalue weighted by molar-refractivity contribution is 0.0796. The van der Waals surface area contributed by atoms with Crippen LogP contribution in [-0.4, -0.2) is 54.4 Å². The zero-order valence-electron chi connectivity index (χ0n) is 17.7. The second-order valence-corrected chi connectivity index (χ2v) is 9.32. The molecule has 9 nitrogen and oxygen atoms in total. The fraction of sp³-hybridized carbons (Fsp3) is 0.476. The number of aryl methyl sites for hydroxylation is 1. The fourth-order valence-electron chi connectivity index (χ4n) is 4.96. The Balaban J connectivity index is 1.10. The number of hydrogen-bond donors (Lipinski definition) is 1. The normalized spacial score (nSPS) is 24.6. The highest BCUT2D eigenvalue weighted by atomic mass is 35.5. The zero-order chi connectivity index (χ0) is 22.9. The second-order valence-electron chi connectivity index (χ2n) is 8.97. The average molecular weight is 475 g/mol. The average Bonchev–Trinajstić information content (AvgIpc) is 3.41. The van der Waals surface area contributed by atoms with Gasteiger partial charge in [-0.3, -0.25) is 4.79 Å². The van der Waals surface area contributed by atoms with Gasteiger partial charge in [-0.05, 0) is 18.9 Å². The summed E-state index contributed by atoms with van der Waals surface area (Å²) in [6.45, 7) is 0.870. The van der Waals surface area contributed by atoms with Crippen molar-refractivity contribution in [1.82, 2.24) is 34.8 Å². The van der Waals surface area contributed by atoms with Gasteiger partial charge in [0.15, 0.2) is 5.69 Å². The van der Waals surface area contributed by atoms with Gasteiger partial charge in [-0.2, -0.15) is 0 Å². The van der Waals surface area contributed by atoms with Crippen LogP contribution in [0.1, 0.15) is 39.9 Å². The Kier molecular flexibility index (Phi) is 4.48. The third kappa shape index (κ3) is 3.36. The molecule has 2 fully saturated rings. The van der Waals surface area contributed by atoms with Crippen molar-refractivity contribution in [1.29, 1.82) is 0 Å². The first-order valence-corrected chi connectivity index (χ1v) is 11.2. The van der Waals surface area contributed by atoms with E-state index in [1.165, 1.54) is 4.68 Å². The molecule has 0 bridgehead atoms. The van der Waals surface area contributed by atoms with E-state index in [2.05, 4.69) is 25.6 Å². The summed E-state index contributed by atoms with van der Waals surface area (Å²) in [5.74, 6) is -3.41. The first kappa shape index (κ1) is 20.5. The number of imidazole rings is 1. The molecule has 3 aromatic heterocycles. The minimum absolute atomic E-state index is 0.137. The molecule has 1 aliphatic heterocycles. The third-order valence-electron chi connectivity index (χ3n) is 6.94. The van der Waals surface area contributed by atoms with Gasteiger partial charge in [-0.15, -0.1) is 5.10 Å². The van der Waals surface area contributed by atoms with Gasteiger partial charge in [0, 0.05) is 31.4 Å². The van der Waals surface area contributed by atoms with Gasteiger partial charge < -0.3 is 14.8 Å². The molecule has 0 aromatic carbocycles. The molecule has 12 heteroatoms. The van der Waals surface area contributed by atoms with Crippen LogP contribution in [-0.2, 0) is 20.0 Å². The number of alkyl halides is 2. The molecular formula is C21H21ClF2N8O. The quantitative estimate of drug-likeness (QED) is 0.570. The Morgan fingerprint density at radius 3 is 2.85 bits per heavy atom. The van der Waals surface area contributed by atoms with Crippen molar-refractivity contribution in [2.24, 2.45) is 18.9 Å². The minimum Gasteiger partial charge on any atom is -0.356 e. The van der Waals surface area contributed by atoms with Crippen molar-refractivity contribution in [2.75, 3.05) is 18.0 Å². The summed E-state index contributed by atoms with van der Waals surface area (Å²) < 4.78 is 30.4. The number of nitrogens with zero attached hydrogens (tertiary/aromatic N) is 7. The van der Waals surface area contributed by atoms with E-state index in [1.807, 2.05) is 16.5 Å². The predicted octanol–water partition coefficient (Wildman–Crippen LogP) is 2.23. The topological polar surface area (TPSA) is 93.8 Å². The molecule has 2 unspecified atom stereocenters. The van der Waals surface area contributed by atoms with Gasteiger partial charge in [0.05, 0.1) is 42.6 Å². The van der Waals surface area contributed by atoms with Crippen LogP contribution in [0.3, 0.4) is 0 Å². The first-order chi connectivity index (χ1) is 15.8. The highest BCUT2D eigenvalue weighted by Gasteiger charge is 2.71. The molecule has 3 atom stereocenters. The van der Waals surface area contributed by atoms with Crippen molar-refractivity contribution >= 4 is 23.3 Å². The lowest BCUT2D eigenvalue weighted by Gasteiger charge is -2.21. The molecule has 3 aliphatic rings. The Bertz CT molecular complexity index is 1240. The van der Waals surface area contributed by atoms with Crippen molar-refractivity contribution < 1.29 is 13.6 Å². The summed E-state index contributed by atoms with van der Waals surface area (Å²) in [7, 11) is 1.94. The maximum Gasteiger partial charge on any atom is 0.274 e. The fourth-order valence-corrected chi connectivity index (χ4v) is 5.17. The number of carbonyl (C=O) groups is 1. The number of pyridine rings is 1. The molecule has 3 aromatic rings. The lowest BCUT2D eigenvalue weighted by atomic mass is 10.2. The number of amides is 1. The highest BCUT2D eigenvalue weighted by Crippen LogP contribution is 2.59. The number of hydrogen-bond acceptors (Lipinski definition) is 6. The number of aromatic nitrogens is 6. The van der Waals surface area contributed by atoms with E-state index >= 15 is 0 Å². The van der Waals surface area contributed by atoms with Crippen LogP contribution in [0.4, 0.5) is 14.6 Å². The van der Waals surface area contributed by atoms with E-state index in [9.17, 15) is 13.6 Å². The zero-order valence-corrected chi connectivity index (χ0v) is 18.5. The van der Waals surface area contributed by atoms with Crippen molar-refractivity contribution in [3.63, 3.8) is 0 Å². The van der Waals surface area contributed by atoms with Crippen molar-refractivity contribution in [3.8, 4) is 0 Å². The van der Waals surface area contributed by atoms with Crippen LogP contribution in [0.25, 0.3) is 0 Å². The molecule has 33 heavy (non-hydrogen) atoms. The number of carbonyl (C=O) groups excluding carboxylic acids is 1. The molecule has 1 saturated carbocycles. The lowest BCUT2D eigenvalue weighted by Crippen LogP contribution is -2.28. The number of anilines is 1. The maximum absolute atomic E-state index is 13.4. The Morgan fingerprint density at radius 2 is 2.09 bits per heavy atom. The molecular weight excluding hydrogens is 454 g/mol. The third-order valence-corrected chi connectivity index (χ3v) is 7.26. The summed E-state index contributed by atoms with van der Waals surface area (Å²) in [4.78, 5) is 23.3. The smallest absolute Gasteiger partial charge is 0.274 e. The molecule has 2 aliphatic carbocycles. The Labute approximate surface area is 192 Å². The van der Waals surface area contributed by atoms with E-state index in [1.54, 1.807) is 24.7 Å². The van der Waals surface area contributed by atoms with Gasteiger partial charge in [0.25, 0.3) is 11.8 Å². The van der Waals surface area contributed by atoms with Gasteiger partial charge in [0.1, 0.15) is 11.0 Å². The van der Waals surface area contributed by atoms with Gasteiger partial charge in [-0.25, -0.2) is 23.4 Å². The number of piperidine rings is 1. The van der Waals surface area contributed by atoms with Crippen molar-refractivity contribution in [2.45, 2.75) is 31.4 Å². The molecule has 1 saturated heterocycles. The molecule has 1 N–H and O–H groups in total. The summed E-state index contributed by atoms with van der Waals surface area (Å²) in [5.41, 5.74) is 2.93. The number of rotatable bonds is 5. The van der Waals surface area contributed by atoms with Crippen molar-refractivity contribution in [3.05, 3.63) is 52.5 Å². The summed E-state index contributed by atoms with van der Waals surface area (Å²) in [6.07, 6.45) is 4.98. The van der Waals surface area contributed by atoms with Crippen LogP contribution in [0, 0.1) is 11.8 Å². The molecule has 4 heterocycles. The van der Waals surface area contributed by atoms with Crippen LogP contribution in [0.2, 0.25) is 5.15 Å². The van der Waals surface area contributed by atoms with E-state index in [0.29, 0.717) is 24.5 Å². The minimum atomic E-state index is -2.53. The first-order valence-electron chi connectivity index (χ1n) is 10.8. The Morgan fingerprint density at radius 1 is 1.30 bits per heavy atom. The van der Waals surface area contributed by atoms with E-state index in [0.717, 1.165) is 24.2 Å². The summed E-state index contributed by atoms with van der Waals surface area (Å²) in [6, 6.07) is 3.44. The van der Waals surface area contributed by atoms with Gasteiger partial charge in [-0.1, -0.05) is 22.9 Å². The monoisotopic (exact) mass is 474 g/mol. The van der Waals surface area contributed by atoms with E-state index < -0.39 is 17.8 Å². The standard InChI is InChI=1S/C21H21ClF2N8O/c1-30-10-25-18-14(3-4-16(18)30)26-20(33)15-9-32(29-28-15)6-11-2-5-17(27-19(11)22)31-7-12-13(8-31)21(12,23)24/h2,5,9-10,12-14H,3-4,6-8H2,1H3,(H,26,33)/t12?,13?,14-/m1/s1. The molecule has 0 radical (unpaired) electrons. The van der Waals surface area contributed by atoms with Gasteiger partial charge >= 0.3 is 0 Å². The predicted molar refractivity (Wildman–Crippen MR) is 114 cm³/mol. The molecule has 6 rings (SSSR count). The number of halogens is 3. The molecule has 172 valence electrons. The van der Waals surface area contributed by atoms with E-state index in [-0.39, 0.29) is 29.3 Å². The van der Waals surface area contributed by atoms with Crippen LogP contribution in [0.15, 0.2) is 24.7 Å². The number of nitrogens with one attached hydrogen (secondary N) is 1. The van der Waals surface area contributed by atoms with Crippen LogP contribution in [0.5, 0.6) is 0 Å². The van der Waals surface area contributed by atoms with Crippen LogP contribution < -0.4 is 10.2 Å². The summed E-state index contributed by atoms with van der Waals surface area (Å²) in [5, 5.41) is 11.3. The summed E-state index contributed by atoms with van der Waals surface area (Å²) >= 11 is 6.36. The molecule has 0 spiro atoms. The maximum atomic E-state index is 13.4. The van der Waals surface area contributed by atoms with Crippen LogP contribution >= 0.6 is 11.6 Å². The molecule has 1 amide bonds. The SMILES string of the molecule is Cn1cnc2c1CC[C@H]2NC(=O)c1cn(Cc2ccc(N3CC4C(C3)C4(F)F)nc2Cl)nn1. The second kappa shape index (κ2) is 7.21. The van der Waals surface area contributed by atoms with Gasteiger partial charge in [0.2, 0.25) is 0 Å².